The highest BCUT2D eigenvalue weighted by Crippen LogP contribution is 2.13. The van der Waals surface area contributed by atoms with Crippen LogP contribution in [0.2, 0.25) is 0 Å². The summed E-state index contributed by atoms with van der Waals surface area (Å²) in [5, 5.41) is 5.77. The molecule has 1 aromatic rings. The van der Waals surface area contributed by atoms with Crippen LogP contribution in [0.3, 0.4) is 0 Å². The molecule has 3 amide bonds. The van der Waals surface area contributed by atoms with E-state index in [9.17, 15) is 9.59 Å². The topological polar surface area (TPSA) is 87.5 Å². The number of likely N-dealkylation sites (tertiary alicyclic amines) is 1. The van der Waals surface area contributed by atoms with Crippen molar-refractivity contribution in [3.8, 4) is 0 Å². The average molecular weight is 355 g/mol. The molecule has 1 aliphatic heterocycles. The smallest absolute Gasteiger partial charge is 0.319 e. The highest BCUT2D eigenvalue weighted by atomic mass is 35.5. The van der Waals surface area contributed by atoms with Gasteiger partial charge < -0.3 is 21.3 Å². The Morgan fingerprint density at radius 1 is 1.25 bits per heavy atom. The molecule has 24 heavy (non-hydrogen) atoms. The van der Waals surface area contributed by atoms with Gasteiger partial charge in [0.2, 0.25) is 5.91 Å². The quantitative estimate of drug-likeness (QED) is 0.758. The summed E-state index contributed by atoms with van der Waals surface area (Å²) in [4.78, 5) is 25.9. The van der Waals surface area contributed by atoms with Gasteiger partial charge in [0.25, 0.3) is 0 Å². The standard InChI is InChI=1S/C17H26N4O2.ClH/c1-2-6-15(18)16(22)21-11-9-14(10-12-21)20-17(23)19-13-7-4-3-5-8-13;/h3-5,7-8,14-15H,2,6,9-12,18H2,1H3,(H2,19,20,23);1H. The van der Waals surface area contributed by atoms with Gasteiger partial charge in [-0.15, -0.1) is 12.4 Å². The molecule has 134 valence electrons. The molecule has 1 atom stereocenters. The maximum atomic E-state index is 12.2. The molecule has 1 fully saturated rings. The summed E-state index contributed by atoms with van der Waals surface area (Å²) in [6, 6.07) is 8.82. The average Bonchev–Trinajstić information content (AvgIpc) is 2.56. The number of hydrogen-bond donors (Lipinski definition) is 3. The van der Waals surface area contributed by atoms with Crippen molar-refractivity contribution in [3.63, 3.8) is 0 Å². The van der Waals surface area contributed by atoms with Crippen molar-refractivity contribution in [2.75, 3.05) is 18.4 Å². The molecule has 2 rings (SSSR count). The van der Waals surface area contributed by atoms with Crippen molar-refractivity contribution < 1.29 is 9.59 Å². The monoisotopic (exact) mass is 354 g/mol. The lowest BCUT2D eigenvalue weighted by atomic mass is 10.0. The van der Waals surface area contributed by atoms with Crippen LogP contribution in [-0.4, -0.2) is 42.0 Å². The molecule has 0 spiro atoms. The number of amides is 3. The van der Waals surface area contributed by atoms with Crippen molar-refractivity contribution in [3.05, 3.63) is 30.3 Å². The van der Waals surface area contributed by atoms with E-state index in [1.807, 2.05) is 42.2 Å². The van der Waals surface area contributed by atoms with E-state index in [-0.39, 0.29) is 30.4 Å². The molecular weight excluding hydrogens is 328 g/mol. The Labute approximate surface area is 149 Å². The number of nitrogens with zero attached hydrogens (tertiary/aromatic N) is 1. The number of urea groups is 1. The predicted octanol–water partition coefficient (Wildman–Crippen LogP) is 2.35. The molecule has 0 aromatic heterocycles. The third-order valence-corrected chi connectivity index (χ3v) is 4.09. The summed E-state index contributed by atoms with van der Waals surface area (Å²) in [7, 11) is 0. The second-order valence-corrected chi connectivity index (χ2v) is 5.96. The summed E-state index contributed by atoms with van der Waals surface area (Å²) in [6.45, 7) is 3.31. The summed E-state index contributed by atoms with van der Waals surface area (Å²) < 4.78 is 0. The van der Waals surface area contributed by atoms with Gasteiger partial charge in [-0.3, -0.25) is 4.79 Å². The predicted molar refractivity (Wildman–Crippen MR) is 98.3 cm³/mol. The van der Waals surface area contributed by atoms with Crippen molar-refractivity contribution in [2.45, 2.75) is 44.7 Å². The molecule has 1 saturated heterocycles. The van der Waals surface area contributed by atoms with Crippen molar-refractivity contribution >= 4 is 30.0 Å². The number of nitrogens with one attached hydrogen (secondary N) is 2. The molecule has 1 aliphatic rings. The highest BCUT2D eigenvalue weighted by Gasteiger charge is 2.26. The number of piperidine rings is 1. The van der Waals surface area contributed by atoms with Crippen LogP contribution >= 0.6 is 12.4 Å². The Hall–Kier alpha value is -1.79. The van der Waals surface area contributed by atoms with Crippen molar-refractivity contribution in [1.82, 2.24) is 10.2 Å². The van der Waals surface area contributed by atoms with Crippen LogP contribution in [-0.2, 0) is 4.79 Å². The molecule has 0 radical (unpaired) electrons. The van der Waals surface area contributed by atoms with Gasteiger partial charge in [0.05, 0.1) is 6.04 Å². The van der Waals surface area contributed by atoms with Gasteiger partial charge in [0, 0.05) is 24.8 Å². The normalized spacial score (nSPS) is 16.0. The zero-order valence-electron chi connectivity index (χ0n) is 14.0. The van der Waals surface area contributed by atoms with Gasteiger partial charge >= 0.3 is 6.03 Å². The Morgan fingerprint density at radius 2 is 1.88 bits per heavy atom. The number of benzene rings is 1. The molecule has 1 aromatic carbocycles. The van der Waals surface area contributed by atoms with E-state index >= 15 is 0 Å². The van der Waals surface area contributed by atoms with Crippen molar-refractivity contribution in [1.29, 1.82) is 0 Å². The fraction of sp³-hybridized carbons (Fsp3) is 0.529. The molecule has 0 bridgehead atoms. The lowest BCUT2D eigenvalue weighted by molar-refractivity contribution is -0.133. The molecule has 4 N–H and O–H groups in total. The van der Waals surface area contributed by atoms with Gasteiger partial charge in [0.1, 0.15) is 0 Å². The maximum absolute atomic E-state index is 12.2. The first kappa shape index (κ1) is 20.3. The number of halogens is 1. The fourth-order valence-corrected chi connectivity index (χ4v) is 2.79. The summed E-state index contributed by atoms with van der Waals surface area (Å²) in [6.07, 6.45) is 3.14. The minimum atomic E-state index is -0.397. The first-order valence-electron chi connectivity index (χ1n) is 8.27. The fourth-order valence-electron chi connectivity index (χ4n) is 2.79. The lowest BCUT2D eigenvalue weighted by Crippen LogP contribution is -2.51. The maximum Gasteiger partial charge on any atom is 0.319 e. The van der Waals surface area contributed by atoms with E-state index in [1.54, 1.807) is 0 Å². The van der Waals surface area contributed by atoms with Gasteiger partial charge in [-0.2, -0.15) is 0 Å². The van der Waals surface area contributed by atoms with Crippen LogP contribution in [0, 0.1) is 0 Å². The minimum Gasteiger partial charge on any atom is -0.341 e. The van der Waals surface area contributed by atoms with Gasteiger partial charge in [-0.1, -0.05) is 31.5 Å². The number of rotatable bonds is 5. The van der Waals surface area contributed by atoms with Crippen LogP contribution < -0.4 is 16.4 Å². The second kappa shape index (κ2) is 10.2. The Kier molecular flexibility index (Phi) is 8.57. The highest BCUT2D eigenvalue weighted by molar-refractivity contribution is 5.89. The Bertz CT molecular complexity index is 519. The van der Waals surface area contributed by atoms with E-state index in [0.717, 1.165) is 31.4 Å². The number of carbonyl (C=O) groups excluding carboxylic acids is 2. The zero-order valence-corrected chi connectivity index (χ0v) is 14.8. The zero-order chi connectivity index (χ0) is 16.7. The number of anilines is 1. The van der Waals surface area contributed by atoms with Gasteiger partial charge in [-0.05, 0) is 31.4 Å². The number of para-hydroxylation sites is 1. The molecular formula is C17H27ClN4O2. The molecule has 0 aliphatic carbocycles. The van der Waals surface area contributed by atoms with Crippen LogP contribution in [0.4, 0.5) is 10.5 Å². The van der Waals surface area contributed by atoms with Gasteiger partial charge in [-0.25, -0.2) is 4.79 Å². The molecule has 1 heterocycles. The number of hydrogen-bond acceptors (Lipinski definition) is 3. The van der Waals surface area contributed by atoms with Crippen LogP contribution in [0.1, 0.15) is 32.6 Å². The third-order valence-electron chi connectivity index (χ3n) is 4.09. The second-order valence-electron chi connectivity index (χ2n) is 5.96. The lowest BCUT2D eigenvalue weighted by Gasteiger charge is -2.33. The van der Waals surface area contributed by atoms with Crippen molar-refractivity contribution in [2.24, 2.45) is 5.73 Å². The Morgan fingerprint density at radius 3 is 2.46 bits per heavy atom. The largest absolute Gasteiger partial charge is 0.341 e. The minimum absolute atomic E-state index is 0. The Balaban J connectivity index is 0.00000288. The van der Waals surface area contributed by atoms with Crippen LogP contribution in [0.15, 0.2) is 30.3 Å². The van der Waals surface area contributed by atoms with E-state index in [4.69, 9.17) is 5.73 Å². The number of carbonyl (C=O) groups is 2. The third kappa shape index (κ3) is 6.02. The molecule has 6 nitrogen and oxygen atoms in total. The summed E-state index contributed by atoms with van der Waals surface area (Å²) >= 11 is 0. The van der Waals surface area contributed by atoms with E-state index in [1.165, 1.54) is 0 Å². The van der Waals surface area contributed by atoms with Crippen LogP contribution in [0.5, 0.6) is 0 Å². The van der Waals surface area contributed by atoms with E-state index < -0.39 is 6.04 Å². The molecule has 0 saturated carbocycles. The first-order valence-corrected chi connectivity index (χ1v) is 8.27. The summed E-state index contributed by atoms with van der Waals surface area (Å²) in [5.41, 5.74) is 6.66. The first-order chi connectivity index (χ1) is 11.1. The summed E-state index contributed by atoms with van der Waals surface area (Å²) in [5.74, 6) is 0.0269. The van der Waals surface area contributed by atoms with Crippen LogP contribution in [0.25, 0.3) is 0 Å². The molecule has 7 heteroatoms. The van der Waals surface area contributed by atoms with Gasteiger partial charge in [0.15, 0.2) is 0 Å². The number of nitrogens with two attached hydrogens (primary N) is 1. The van der Waals surface area contributed by atoms with E-state index in [0.29, 0.717) is 13.1 Å². The molecule has 1 unspecified atom stereocenters. The van der Waals surface area contributed by atoms with E-state index in [2.05, 4.69) is 10.6 Å². The SMILES string of the molecule is CCCC(N)C(=O)N1CCC(NC(=O)Nc2ccccc2)CC1.Cl.